The number of esters is 1. The van der Waals surface area contributed by atoms with Crippen molar-refractivity contribution >= 4 is 16.0 Å². The molecule has 1 heterocycles. The normalized spacial score (nSPS) is 22.4. The minimum absolute atomic E-state index is 0.0464. The molecule has 0 saturated carbocycles. The van der Waals surface area contributed by atoms with E-state index in [1.807, 2.05) is 0 Å². The quantitative estimate of drug-likeness (QED) is 0.674. The third kappa shape index (κ3) is 5.76. The average Bonchev–Trinajstić information content (AvgIpc) is 2.36. The van der Waals surface area contributed by atoms with Crippen molar-refractivity contribution in [1.82, 2.24) is 10.0 Å². The number of methoxy groups -OCH3 is 1. The van der Waals surface area contributed by atoms with Crippen LogP contribution >= 0.6 is 0 Å². The van der Waals surface area contributed by atoms with Gasteiger partial charge < -0.3 is 10.1 Å². The third-order valence-electron chi connectivity index (χ3n) is 3.86. The molecule has 1 fully saturated rings. The Bertz CT molecular complexity index is 420. The molecule has 20 heavy (non-hydrogen) atoms. The smallest absolute Gasteiger partial charge is 0.305 e. The van der Waals surface area contributed by atoms with Crippen LogP contribution in [0.2, 0.25) is 0 Å². The van der Waals surface area contributed by atoms with E-state index < -0.39 is 10.0 Å². The molecule has 118 valence electrons. The zero-order valence-electron chi connectivity index (χ0n) is 12.6. The highest BCUT2D eigenvalue weighted by atomic mass is 32.2. The van der Waals surface area contributed by atoms with Gasteiger partial charge in [0.1, 0.15) is 0 Å². The third-order valence-corrected chi connectivity index (χ3v) is 5.29. The van der Waals surface area contributed by atoms with Gasteiger partial charge >= 0.3 is 5.97 Å². The van der Waals surface area contributed by atoms with Crippen molar-refractivity contribution in [1.29, 1.82) is 0 Å². The van der Waals surface area contributed by atoms with Crippen molar-refractivity contribution in [3.05, 3.63) is 0 Å². The van der Waals surface area contributed by atoms with Crippen LogP contribution in [0.3, 0.4) is 0 Å². The topological polar surface area (TPSA) is 84.5 Å². The van der Waals surface area contributed by atoms with Crippen LogP contribution in [0, 0.1) is 5.41 Å². The van der Waals surface area contributed by atoms with E-state index in [1.165, 1.54) is 7.11 Å². The van der Waals surface area contributed by atoms with Crippen LogP contribution in [0.1, 0.15) is 39.5 Å². The van der Waals surface area contributed by atoms with E-state index in [1.54, 1.807) is 0 Å². The molecule has 6 nitrogen and oxygen atoms in total. The number of ether oxygens (including phenoxy) is 1. The Balaban J connectivity index is 2.37. The number of nitrogens with one attached hydrogen (secondary N) is 2. The molecule has 0 spiro atoms. The largest absolute Gasteiger partial charge is 0.469 e. The summed E-state index contributed by atoms with van der Waals surface area (Å²) in [5.74, 6) is -0.426. The van der Waals surface area contributed by atoms with Crippen molar-refractivity contribution < 1.29 is 17.9 Å². The summed E-state index contributed by atoms with van der Waals surface area (Å²) in [4.78, 5) is 10.9. The van der Waals surface area contributed by atoms with Gasteiger partial charge in [0.05, 0.1) is 12.9 Å². The molecule has 0 aromatic heterocycles. The highest BCUT2D eigenvalue weighted by molar-refractivity contribution is 7.89. The van der Waals surface area contributed by atoms with E-state index in [4.69, 9.17) is 0 Å². The van der Waals surface area contributed by atoms with Gasteiger partial charge in [0.15, 0.2) is 0 Å². The maximum atomic E-state index is 11.9. The fourth-order valence-electron chi connectivity index (χ4n) is 2.41. The van der Waals surface area contributed by atoms with Gasteiger partial charge in [-0.15, -0.1) is 0 Å². The van der Waals surface area contributed by atoms with Crippen LogP contribution in [-0.2, 0) is 19.6 Å². The molecular weight excluding hydrogens is 280 g/mol. The van der Waals surface area contributed by atoms with Crippen LogP contribution < -0.4 is 10.0 Å². The molecule has 1 unspecified atom stereocenters. The lowest BCUT2D eigenvalue weighted by Gasteiger charge is -2.39. The summed E-state index contributed by atoms with van der Waals surface area (Å²) in [5, 5.41) is 3.36. The standard InChI is InChI=1S/C13H26N2O4S/c1-13(2)7-5-8-14-11(13)10-15-20(17,18)9-4-6-12(16)19-3/h11,14-15H,4-10H2,1-3H3. The number of hydrogen-bond donors (Lipinski definition) is 2. The molecule has 7 heteroatoms. The minimum Gasteiger partial charge on any atom is -0.469 e. The Labute approximate surface area is 121 Å². The van der Waals surface area contributed by atoms with Gasteiger partial charge in [-0.1, -0.05) is 13.8 Å². The van der Waals surface area contributed by atoms with Crippen LogP contribution in [0.5, 0.6) is 0 Å². The van der Waals surface area contributed by atoms with Crippen molar-refractivity contribution in [3.63, 3.8) is 0 Å². The van der Waals surface area contributed by atoms with Gasteiger partial charge in [-0.3, -0.25) is 4.79 Å². The summed E-state index contributed by atoms with van der Waals surface area (Å²) in [5.41, 5.74) is 0.0901. The maximum Gasteiger partial charge on any atom is 0.305 e. The molecule has 1 aliphatic heterocycles. The van der Waals surface area contributed by atoms with E-state index in [-0.39, 0.29) is 36.0 Å². The lowest BCUT2D eigenvalue weighted by atomic mass is 9.78. The average molecular weight is 306 g/mol. The van der Waals surface area contributed by atoms with E-state index >= 15 is 0 Å². The maximum absolute atomic E-state index is 11.9. The van der Waals surface area contributed by atoms with E-state index in [2.05, 4.69) is 28.6 Å². The van der Waals surface area contributed by atoms with Gasteiger partial charge in [-0.05, 0) is 31.2 Å². The molecule has 0 amide bonds. The van der Waals surface area contributed by atoms with Crippen molar-refractivity contribution in [3.8, 4) is 0 Å². The SMILES string of the molecule is COC(=O)CCCS(=O)(=O)NCC1NCCCC1(C)C. The van der Waals surface area contributed by atoms with Gasteiger partial charge in [0.25, 0.3) is 0 Å². The summed E-state index contributed by atoms with van der Waals surface area (Å²) in [7, 11) is -2.04. The van der Waals surface area contributed by atoms with Gasteiger partial charge in [-0.25, -0.2) is 13.1 Å². The molecule has 0 aromatic carbocycles. The molecule has 1 atom stereocenters. The molecule has 2 N–H and O–H groups in total. The zero-order valence-corrected chi connectivity index (χ0v) is 13.4. The number of sulfonamides is 1. The molecule has 1 aliphatic rings. The van der Waals surface area contributed by atoms with Crippen molar-refractivity contribution in [2.45, 2.75) is 45.6 Å². The second-order valence-electron chi connectivity index (χ2n) is 5.95. The van der Waals surface area contributed by atoms with Crippen molar-refractivity contribution in [2.75, 3.05) is 26.0 Å². The summed E-state index contributed by atoms with van der Waals surface area (Å²) >= 11 is 0. The van der Waals surface area contributed by atoms with Crippen molar-refractivity contribution in [2.24, 2.45) is 5.41 Å². The van der Waals surface area contributed by atoms with E-state index in [9.17, 15) is 13.2 Å². The molecule has 1 saturated heterocycles. The van der Waals surface area contributed by atoms with E-state index in [0.717, 1.165) is 19.4 Å². The number of carbonyl (C=O) groups excluding carboxylic acids is 1. The molecule has 0 aromatic rings. The summed E-state index contributed by atoms with van der Waals surface area (Å²) < 4.78 is 30.8. The van der Waals surface area contributed by atoms with Crippen LogP contribution in [-0.4, -0.2) is 46.4 Å². The fourth-order valence-corrected chi connectivity index (χ4v) is 3.50. The Hall–Kier alpha value is -0.660. The second kappa shape index (κ2) is 7.38. The van der Waals surface area contributed by atoms with Gasteiger partial charge in [-0.2, -0.15) is 0 Å². The summed E-state index contributed by atoms with van der Waals surface area (Å²) in [6.07, 6.45) is 2.62. The molecule has 0 aliphatic carbocycles. The number of carbonyl (C=O) groups is 1. The minimum atomic E-state index is -3.33. The van der Waals surface area contributed by atoms with Crippen LogP contribution in [0.15, 0.2) is 0 Å². The molecule has 1 rings (SSSR count). The van der Waals surface area contributed by atoms with Gasteiger partial charge in [0.2, 0.25) is 10.0 Å². The second-order valence-corrected chi connectivity index (χ2v) is 7.87. The number of rotatable bonds is 7. The lowest BCUT2D eigenvalue weighted by molar-refractivity contribution is -0.140. The Morgan fingerprint density at radius 1 is 1.45 bits per heavy atom. The first-order valence-electron chi connectivity index (χ1n) is 7.04. The highest BCUT2D eigenvalue weighted by Crippen LogP contribution is 2.29. The summed E-state index contributed by atoms with van der Waals surface area (Å²) in [6, 6.07) is 0.145. The lowest BCUT2D eigenvalue weighted by Crippen LogP contribution is -2.53. The van der Waals surface area contributed by atoms with E-state index in [0.29, 0.717) is 6.54 Å². The van der Waals surface area contributed by atoms with Crippen LogP contribution in [0.4, 0.5) is 0 Å². The molecular formula is C13H26N2O4S. The zero-order chi connectivity index (χ0) is 15.2. The molecule has 0 radical (unpaired) electrons. The first-order valence-corrected chi connectivity index (χ1v) is 8.69. The van der Waals surface area contributed by atoms with Crippen LogP contribution in [0.25, 0.3) is 0 Å². The summed E-state index contributed by atoms with van der Waals surface area (Å²) in [6.45, 7) is 5.62. The fraction of sp³-hybridized carbons (Fsp3) is 0.923. The Kier molecular flexibility index (Phi) is 6.42. The highest BCUT2D eigenvalue weighted by Gasteiger charge is 2.32. The predicted octanol–water partition coefficient (Wildman–Crippen LogP) is 0.637. The number of piperidine rings is 1. The first kappa shape index (κ1) is 17.4. The Morgan fingerprint density at radius 2 is 2.15 bits per heavy atom. The molecule has 0 bridgehead atoms. The Morgan fingerprint density at radius 3 is 2.75 bits per heavy atom. The first-order chi connectivity index (χ1) is 9.27. The number of hydrogen-bond acceptors (Lipinski definition) is 5. The van der Waals surface area contributed by atoms with Gasteiger partial charge in [0, 0.05) is 19.0 Å². The monoisotopic (exact) mass is 306 g/mol. The predicted molar refractivity (Wildman–Crippen MR) is 77.8 cm³/mol.